The molecule has 1 unspecified atom stereocenters. The molecule has 0 aliphatic heterocycles. The molecule has 18 heavy (non-hydrogen) atoms. The highest BCUT2D eigenvalue weighted by Gasteiger charge is 2.11. The van der Waals surface area contributed by atoms with E-state index < -0.39 is 6.10 Å². The van der Waals surface area contributed by atoms with Crippen LogP contribution in [0.5, 0.6) is 0 Å². The van der Waals surface area contributed by atoms with Gasteiger partial charge in [0.15, 0.2) is 0 Å². The predicted octanol–water partition coefficient (Wildman–Crippen LogP) is 2.80. The standard InChI is InChI=1S/C15H20N2O/c1-4-17-10-14(9-16-17)15(18)8-13-6-5-11(2)12(3)7-13/h5-7,9-10,15,18H,4,8H2,1-3H3. The van der Waals surface area contributed by atoms with E-state index in [0.717, 1.165) is 17.7 Å². The lowest BCUT2D eigenvalue weighted by Crippen LogP contribution is -2.01. The molecular formula is C15H20N2O. The lowest BCUT2D eigenvalue weighted by molar-refractivity contribution is 0.178. The summed E-state index contributed by atoms with van der Waals surface area (Å²) in [5.41, 5.74) is 4.60. The maximum atomic E-state index is 10.2. The number of benzene rings is 1. The Hall–Kier alpha value is -1.61. The molecule has 2 aromatic rings. The van der Waals surface area contributed by atoms with Gasteiger partial charge in [-0.05, 0) is 37.5 Å². The Kier molecular flexibility index (Phi) is 3.82. The molecule has 1 aromatic carbocycles. The zero-order valence-electron chi connectivity index (χ0n) is 11.2. The fourth-order valence-corrected chi connectivity index (χ4v) is 2.00. The van der Waals surface area contributed by atoms with Crippen molar-refractivity contribution >= 4 is 0 Å². The van der Waals surface area contributed by atoms with Gasteiger partial charge >= 0.3 is 0 Å². The maximum Gasteiger partial charge on any atom is 0.0860 e. The summed E-state index contributed by atoms with van der Waals surface area (Å²) in [5, 5.41) is 14.4. The van der Waals surface area contributed by atoms with E-state index in [-0.39, 0.29) is 0 Å². The minimum Gasteiger partial charge on any atom is -0.388 e. The molecule has 2 rings (SSSR count). The van der Waals surface area contributed by atoms with E-state index in [1.807, 2.05) is 17.8 Å². The molecule has 3 nitrogen and oxygen atoms in total. The molecular weight excluding hydrogens is 224 g/mol. The van der Waals surface area contributed by atoms with Gasteiger partial charge in [0.05, 0.1) is 12.3 Å². The molecule has 1 N–H and O–H groups in total. The number of hydrogen-bond donors (Lipinski definition) is 1. The molecule has 1 aromatic heterocycles. The van der Waals surface area contributed by atoms with Gasteiger partial charge in [-0.25, -0.2) is 0 Å². The number of aromatic nitrogens is 2. The van der Waals surface area contributed by atoms with Crippen LogP contribution < -0.4 is 0 Å². The van der Waals surface area contributed by atoms with Crippen LogP contribution in [0.1, 0.15) is 35.3 Å². The van der Waals surface area contributed by atoms with E-state index in [9.17, 15) is 5.11 Å². The van der Waals surface area contributed by atoms with Crippen LogP contribution in [-0.4, -0.2) is 14.9 Å². The summed E-state index contributed by atoms with van der Waals surface area (Å²) in [4.78, 5) is 0. The van der Waals surface area contributed by atoms with Crippen LogP contribution in [0.3, 0.4) is 0 Å². The smallest absolute Gasteiger partial charge is 0.0860 e. The SMILES string of the molecule is CCn1cc(C(O)Cc2ccc(C)c(C)c2)cn1. The van der Waals surface area contributed by atoms with E-state index in [1.165, 1.54) is 11.1 Å². The fraction of sp³-hybridized carbons (Fsp3) is 0.400. The third-order valence-corrected chi connectivity index (χ3v) is 3.36. The first-order valence-electron chi connectivity index (χ1n) is 6.36. The Morgan fingerprint density at radius 2 is 2.06 bits per heavy atom. The highest BCUT2D eigenvalue weighted by molar-refractivity contribution is 5.30. The summed E-state index contributed by atoms with van der Waals surface area (Å²) in [6.07, 6.45) is 3.81. The molecule has 96 valence electrons. The monoisotopic (exact) mass is 244 g/mol. The second kappa shape index (κ2) is 5.36. The molecule has 3 heteroatoms. The quantitative estimate of drug-likeness (QED) is 0.898. The van der Waals surface area contributed by atoms with Gasteiger partial charge in [-0.2, -0.15) is 5.10 Å². The van der Waals surface area contributed by atoms with Gasteiger partial charge in [0.25, 0.3) is 0 Å². The maximum absolute atomic E-state index is 10.2. The molecule has 0 aliphatic rings. The minimum absolute atomic E-state index is 0.479. The first kappa shape index (κ1) is 12.8. The van der Waals surface area contributed by atoms with Crippen molar-refractivity contribution in [1.82, 2.24) is 9.78 Å². The molecule has 1 atom stereocenters. The minimum atomic E-state index is -0.479. The molecule has 0 saturated carbocycles. The van der Waals surface area contributed by atoms with Crippen LogP contribution in [0.15, 0.2) is 30.6 Å². The lowest BCUT2D eigenvalue weighted by atomic mass is 10.00. The van der Waals surface area contributed by atoms with Crippen molar-refractivity contribution in [3.05, 3.63) is 52.8 Å². The molecule has 1 heterocycles. The topological polar surface area (TPSA) is 38.0 Å². The molecule has 0 fully saturated rings. The molecule has 0 amide bonds. The van der Waals surface area contributed by atoms with Gasteiger partial charge in [0.1, 0.15) is 0 Å². The van der Waals surface area contributed by atoms with Crippen molar-refractivity contribution in [2.24, 2.45) is 0 Å². The third-order valence-electron chi connectivity index (χ3n) is 3.36. The van der Waals surface area contributed by atoms with Gasteiger partial charge < -0.3 is 5.11 Å². The van der Waals surface area contributed by atoms with E-state index in [0.29, 0.717) is 6.42 Å². The molecule has 0 spiro atoms. The van der Waals surface area contributed by atoms with Crippen molar-refractivity contribution in [2.75, 3.05) is 0 Å². The van der Waals surface area contributed by atoms with Gasteiger partial charge in [0, 0.05) is 24.7 Å². The summed E-state index contributed by atoms with van der Waals surface area (Å²) in [6, 6.07) is 6.32. The molecule has 0 aliphatic carbocycles. The van der Waals surface area contributed by atoms with Gasteiger partial charge in [-0.3, -0.25) is 4.68 Å². The molecule has 0 bridgehead atoms. The third kappa shape index (κ3) is 2.79. The van der Waals surface area contributed by atoms with Gasteiger partial charge in [-0.15, -0.1) is 0 Å². The second-order valence-electron chi connectivity index (χ2n) is 4.77. The van der Waals surface area contributed by atoms with E-state index in [4.69, 9.17) is 0 Å². The average Bonchev–Trinajstić information content (AvgIpc) is 2.82. The van der Waals surface area contributed by atoms with Crippen LogP contribution in [0, 0.1) is 13.8 Å². The van der Waals surface area contributed by atoms with Crippen LogP contribution in [0.4, 0.5) is 0 Å². The summed E-state index contributed by atoms with van der Waals surface area (Å²) in [6.45, 7) is 7.06. The van der Waals surface area contributed by atoms with Crippen molar-refractivity contribution in [3.63, 3.8) is 0 Å². The normalized spacial score (nSPS) is 12.7. The Bertz CT molecular complexity index is 531. The number of aliphatic hydroxyl groups excluding tert-OH is 1. The largest absolute Gasteiger partial charge is 0.388 e. The predicted molar refractivity (Wildman–Crippen MR) is 72.5 cm³/mol. The van der Waals surface area contributed by atoms with Gasteiger partial charge in [0.2, 0.25) is 0 Å². The van der Waals surface area contributed by atoms with Crippen LogP contribution in [0.2, 0.25) is 0 Å². The summed E-state index contributed by atoms with van der Waals surface area (Å²) < 4.78 is 1.83. The van der Waals surface area contributed by atoms with Crippen molar-refractivity contribution in [1.29, 1.82) is 0 Å². The summed E-state index contributed by atoms with van der Waals surface area (Å²) in [5.74, 6) is 0. The highest BCUT2D eigenvalue weighted by atomic mass is 16.3. The lowest BCUT2D eigenvalue weighted by Gasteiger charge is -2.10. The number of rotatable bonds is 4. The number of nitrogens with zero attached hydrogens (tertiary/aromatic N) is 2. The number of aliphatic hydroxyl groups is 1. The Morgan fingerprint density at radius 3 is 2.67 bits per heavy atom. The zero-order chi connectivity index (χ0) is 13.1. The molecule has 0 saturated heterocycles. The van der Waals surface area contributed by atoms with Crippen molar-refractivity contribution in [3.8, 4) is 0 Å². The average molecular weight is 244 g/mol. The first-order chi connectivity index (χ1) is 8.60. The van der Waals surface area contributed by atoms with Crippen LogP contribution in [-0.2, 0) is 13.0 Å². The van der Waals surface area contributed by atoms with E-state index in [1.54, 1.807) is 6.20 Å². The Morgan fingerprint density at radius 1 is 1.28 bits per heavy atom. The second-order valence-corrected chi connectivity index (χ2v) is 4.77. The zero-order valence-corrected chi connectivity index (χ0v) is 11.2. The molecule has 0 radical (unpaired) electrons. The van der Waals surface area contributed by atoms with E-state index in [2.05, 4.69) is 37.1 Å². The Balaban J connectivity index is 2.10. The fourth-order valence-electron chi connectivity index (χ4n) is 2.00. The van der Waals surface area contributed by atoms with Crippen LogP contribution in [0.25, 0.3) is 0 Å². The van der Waals surface area contributed by atoms with E-state index >= 15 is 0 Å². The van der Waals surface area contributed by atoms with Gasteiger partial charge in [-0.1, -0.05) is 18.2 Å². The number of aryl methyl sites for hydroxylation is 3. The highest BCUT2D eigenvalue weighted by Crippen LogP contribution is 2.19. The Labute approximate surface area is 108 Å². The van der Waals surface area contributed by atoms with Crippen LogP contribution >= 0.6 is 0 Å². The van der Waals surface area contributed by atoms with Crippen molar-refractivity contribution in [2.45, 2.75) is 39.8 Å². The van der Waals surface area contributed by atoms with Crippen molar-refractivity contribution < 1.29 is 5.11 Å². The first-order valence-corrected chi connectivity index (χ1v) is 6.36. The summed E-state index contributed by atoms with van der Waals surface area (Å²) in [7, 11) is 0. The number of hydrogen-bond acceptors (Lipinski definition) is 2. The summed E-state index contributed by atoms with van der Waals surface area (Å²) >= 11 is 0.